The largest absolute Gasteiger partial charge is 0.495 e. The standard InChI is InChI=1S/C22H21Cl2FN2O5/c1-30-18-7-14(3-5-16(18)24)32-9-20(29)27-22-10-21(11-22,12-22)26-19(28)8-31-13-2-4-15(23)17(25)6-13/h2-7H,8-12H2,1H3,(H,26,28)(H,27,29). The maximum atomic E-state index is 13.4. The molecule has 170 valence electrons. The van der Waals surface area contributed by atoms with Crippen LogP contribution in [-0.2, 0) is 9.59 Å². The zero-order valence-corrected chi connectivity index (χ0v) is 18.7. The van der Waals surface area contributed by atoms with E-state index in [0.717, 1.165) is 6.07 Å². The normalized spacial score (nSPS) is 22.8. The topological polar surface area (TPSA) is 85.9 Å². The number of ether oxygens (including phenoxy) is 3. The van der Waals surface area contributed by atoms with E-state index in [0.29, 0.717) is 35.8 Å². The summed E-state index contributed by atoms with van der Waals surface area (Å²) in [5.74, 6) is 0.00402. The highest BCUT2D eigenvalue weighted by molar-refractivity contribution is 6.32. The van der Waals surface area contributed by atoms with Gasteiger partial charge in [0.2, 0.25) is 0 Å². The van der Waals surface area contributed by atoms with Gasteiger partial charge in [-0.2, -0.15) is 0 Å². The molecule has 2 aromatic carbocycles. The molecule has 32 heavy (non-hydrogen) atoms. The van der Waals surface area contributed by atoms with Crippen molar-refractivity contribution in [2.24, 2.45) is 0 Å². The lowest BCUT2D eigenvalue weighted by Gasteiger charge is -2.70. The van der Waals surface area contributed by atoms with Crippen molar-refractivity contribution in [2.75, 3.05) is 20.3 Å². The third kappa shape index (κ3) is 4.71. The fraction of sp³-hybridized carbons (Fsp3) is 0.364. The Hall–Kier alpha value is -2.71. The van der Waals surface area contributed by atoms with E-state index in [1.807, 2.05) is 0 Å². The van der Waals surface area contributed by atoms with Gasteiger partial charge >= 0.3 is 0 Å². The van der Waals surface area contributed by atoms with E-state index >= 15 is 0 Å². The third-order valence-corrected chi connectivity index (χ3v) is 6.21. The van der Waals surface area contributed by atoms with Crippen LogP contribution in [0.4, 0.5) is 4.39 Å². The Labute approximate surface area is 194 Å². The van der Waals surface area contributed by atoms with Crippen LogP contribution in [0.25, 0.3) is 0 Å². The van der Waals surface area contributed by atoms with E-state index < -0.39 is 5.82 Å². The summed E-state index contributed by atoms with van der Waals surface area (Å²) < 4.78 is 29.4. The highest BCUT2D eigenvalue weighted by Gasteiger charge is 2.69. The Morgan fingerprint density at radius 1 is 0.906 bits per heavy atom. The molecule has 7 nitrogen and oxygen atoms in total. The molecule has 2 bridgehead atoms. The molecule has 0 unspecified atom stereocenters. The van der Waals surface area contributed by atoms with Gasteiger partial charge < -0.3 is 24.8 Å². The van der Waals surface area contributed by atoms with Gasteiger partial charge in [0, 0.05) is 23.2 Å². The number of carbonyl (C=O) groups is 2. The van der Waals surface area contributed by atoms with Crippen LogP contribution < -0.4 is 24.8 Å². The van der Waals surface area contributed by atoms with Crippen LogP contribution in [0.3, 0.4) is 0 Å². The van der Waals surface area contributed by atoms with Crippen molar-refractivity contribution < 1.29 is 28.2 Å². The van der Waals surface area contributed by atoms with Crippen LogP contribution in [0.15, 0.2) is 36.4 Å². The van der Waals surface area contributed by atoms with Crippen LogP contribution in [0.1, 0.15) is 19.3 Å². The van der Waals surface area contributed by atoms with E-state index in [1.54, 1.807) is 18.2 Å². The number of nitrogens with one attached hydrogen (secondary N) is 2. The molecule has 0 atom stereocenters. The van der Waals surface area contributed by atoms with Crippen molar-refractivity contribution in [3.05, 3.63) is 52.3 Å². The van der Waals surface area contributed by atoms with Crippen molar-refractivity contribution in [2.45, 2.75) is 30.3 Å². The molecule has 0 radical (unpaired) electrons. The molecule has 3 saturated carbocycles. The summed E-state index contributed by atoms with van der Waals surface area (Å²) >= 11 is 11.6. The molecule has 2 aromatic rings. The first-order valence-corrected chi connectivity index (χ1v) is 10.6. The van der Waals surface area contributed by atoms with E-state index in [4.69, 9.17) is 37.4 Å². The molecular formula is C22H21Cl2FN2O5. The minimum absolute atomic E-state index is 0.0127. The molecule has 3 aliphatic rings. The SMILES string of the molecule is COc1cc(OCC(=O)NC23CC(NC(=O)COc4ccc(Cl)c(F)c4)(C2)C3)ccc1Cl. The quantitative estimate of drug-likeness (QED) is 0.571. The summed E-state index contributed by atoms with van der Waals surface area (Å²) in [5.41, 5.74) is -0.644. The molecule has 2 amide bonds. The fourth-order valence-corrected chi connectivity index (χ4v) is 4.62. The van der Waals surface area contributed by atoms with Gasteiger partial charge in [0.15, 0.2) is 13.2 Å². The summed E-state index contributed by atoms with van der Waals surface area (Å²) in [4.78, 5) is 24.4. The first-order chi connectivity index (χ1) is 15.2. The predicted molar refractivity (Wildman–Crippen MR) is 116 cm³/mol. The second-order valence-electron chi connectivity index (χ2n) is 8.14. The highest BCUT2D eigenvalue weighted by atomic mass is 35.5. The van der Waals surface area contributed by atoms with Crippen molar-refractivity contribution in [1.29, 1.82) is 0 Å². The molecule has 0 heterocycles. The Balaban J connectivity index is 1.18. The number of halogens is 3. The van der Waals surface area contributed by atoms with Gasteiger partial charge in [-0.1, -0.05) is 23.2 Å². The minimum atomic E-state index is -0.610. The first kappa shape index (κ1) is 22.5. The number of amides is 2. The molecule has 0 spiro atoms. The molecule has 2 N–H and O–H groups in total. The van der Waals surface area contributed by atoms with E-state index in [2.05, 4.69) is 10.6 Å². The summed E-state index contributed by atoms with van der Waals surface area (Å²) in [6, 6.07) is 8.89. The van der Waals surface area contributed by atoms with Crippen molar-refractivity contribution in [3.63, 3.8) is 0 Å². The Bertz CT molecular complexity index is 1040. The number of carbonyl (C=O) groups excluding carboxylic acids is 2. The van der Waals surface area contributed by atoms with Gasteiger partial charge in [-0.15, -0.1) is 0 Å². The number of methoxy groups -OCH3 is 1. The highest BCUT2D eigenvalue weighted by Crippen LogP contribution is 2.60. The third-order valence-electron chi connectivity index (χ3n) is 5.59. The van der Waals surface area contributed by atoms with Crippen LogP contribution >= 0.6 is 23.2 Å². The lowest BCUT2D eigenvalue weighted by molar-refractivity contribution is -0.151. The second kappa shape index (κ2) is 8.67. The number of rotatable bonds is 9. The van der Waals surface area contributed by atoms with Crippen LogP contribution in [0, 0.1) is 5.82 Å². The maximum Gasteiger partial charge on any atom is 0.258 e. The Kier molecular flexibility index (Phi) is 6.09. The number of benzene rings is 2. The van der Waals surface area contributed by atoms with Gasteiger partial charge in [-0.05, 0) is 43.5 Å². The van der Waals surface area contributed by atoms with Crippen LogP contribution in [0.5, 0.6) is 17.2 Å². The monoisotopic (exact) mass is 482 g/mol. The molecule has 0 aliphatic heterocycles. The summed E-state index contributed by atoms with van der Waals surface area (Å²) in [5, 5.41) is 6.36. The summed E-state index contributed by atoms with van der Waals surface area (Å²) in [6.07, 6.45) is 1.92. The lowest BCUT2D eigenvalue weighted by Crippen LogP contribution is -2.84. The average molecular weight is 483 g/mol. The molecule has 5 rings (SSSR count). The van der Waals surface area contributed by atoms with Crippen LogP contribution in [0.2, 0.25) is 10.0 Å². The van der Waals surface area contributed by atoms with E-state index in [9.17, 15) is 14.0 Å². The zero-order chi connectivity index (χ0) is 22.9. The van der Waals surface area contributed by atoms with Crippen molar-refractivity contribution in [1.82, 2.24) is 10.6 Å². The van der Waals surface area contributed by atoms with Gasteiger partial charge in [0.25, 0.3) is 11.8 Å². The number of hydrogen-bond donors (Lipinski definition) is 2. The maximum absolute atomic E-state index is 13.4. The fourth-order valence-electron chi connectivity index (χ4n) is 4.31. The minimum Gasteiger partial charge on any atom is -0.495 e. The molecule has 10 heteroatoms. The first-order valence-electron chi connectivity index (χ1n) is 9.88. The van der Waals surface area contributed by atoms with Gasteiger partial charge in [0.1, 0.15) is 23.1 Å². The average Bonchev–Trinajstić information content (AvgIpc) is 2.71. The molecular weight excluding hydrogens is 462 g/mol. The number of hydrogen-bond acceptors (Lipinski definition) is 5. The lowest BCUT2D eigenvalue weighted by atomic mass is 9.44. The van der Waals surface area contributed by atoms with Crippen molar-refractivity contribution in [3.8, 4) is 17.2 Å². The molecule has 3 aliphatic carbocycles. The summed E-state index contributed by atoms with van der Waals surface area (Å²) in [6.45, 7) is -0.377. The van der Waals surface area contributed by atoms with Gasteiger partial charge in [0.05, 0.1) is 17.2 Å². The Morgan fingerprint density at radius 3 is 1.91 bits per heavy atom. The van der Waals surface area contributed by atoms with Crippen molar-refractivity contribution >= 4 is 35.0 Å². The summed E-state index contributed by atoms with van der Waals surface area (Å²) in [7, 11) is 1.50. The molecule has 0 aromatic heterocycles. The predicted octanol–water partition coefficient (Wildman–Crippen LogP) is 3.51. The smallest absolute Gasteiger partial charge is 0.258 e. The Morgan fingerprint density at radius 2 is 1.41 bits per heavy atom. The zero-order valence-electron chi connectivity index (χ0n) is 17.2. The second-order valence-corrected chi connectivity index (χ2v) is 8.95. The molecule has 0 saturated heterocycles. The van der Waals surface area contributed by atoms with Crippen LogP contribution in [-0.4, -0.2) is 43.2 Å². The van der Waals surface area contributed by atoms with Gasteiger partial charge in [-0.3, -0.25) is 9.59 Å². The van der Waals surface area contributed by atoms with E-state index in [1.165, 1.54) is 19.2 Å². The van der Waals surface area contributed by atoms with Gasteiger partial charge in [-0.25, -0.2) is 4.39 Å². The molecule has 3 fully saturated rings. The van der Waals surface area contributed by atoms with E-state index in [-0.39, 0.29) is 46.9 Å².